The number of ether oxygens (including phenoxy) is 1. The van der Waals surface area contributed by atoms with E-state index in [0.29, 0.717) is 17.9 Å². The Labute approximate surface area is 214 Å². The SMILES string of the molecule is CCC1Oc2ccc(-c3csc(-c4ccccc4)n3)cc2N(CC(=O)Nc2c(C)cccc2C)C1=O. The van der Waals surface area contributed by atoms with Crippen LogP contribution in [0.25, 0.3) is 21.8 Å². The molecule has 7 heteroatoms. The van der Waals surface area contributed by atoms with E-state index in [1.807, 2.05) is 92.9 Å². The standard InChI is InChI=1S/C29H27N3O3S/c1-4-24-29(34)32(16-26(33)31-27-18(2)9-8-10-19(27)3)23-15-21(13-14-25(23)35-24)22-17-36-28(30-22)20-11-6-5-7-12-20/h5-15,17,24H,4,16H2,1-3H3,(H,31,33). The van der Waals surface area contributed by atoms with Crippen molar-refractivity contribution in [2.75, 3.05) is 16.8 Å². The Hall–Kier alpha value is -3.97. The van der Waals surface area contributed by atoms with Gasteiger partial charge in [0.1, 0.15) is 17.3 Å². The molecule has 36 heavy (non-hydrogen) atoms. The zero-order valence-corrected chi connectivity index (χ0v) is 21.3. The molecule has 0 spiro atoms. The number of anilines is 2. The van der Waals surface area contributed by atoms with Crippen LogP contribution < -0.4 is 15.0 Å². The minimum absolute atomic E-state index is 0.102. The number of amides is 2. The van der Waals surface area contributed by atoms with Gasteiger partial charge in [-0.25, -0.2) is 4.98 Å². The molecule has 2 heterocycles. The highest BCUT2D eigenvalue weighted by atomic mass is 32.1. The van der Waals surface area contributed by atoms with Crippen molar-refractivity contribution in [3.63, 3.8) is 0 Å². The van der Waals surface area contributed by atoms with Crippen molar-refractivity contribution in [2.24, 2.45) is 0 Å². The lowest BCUT2D eigenvalue weighted by atomic mass is 10.1. The first kappa shape index (κ1) is 23.8. The van der Waals surface area contributed by atoms with Crippen molar-refractivity contribution >= 4 is 34.5 Å². The van der Waals surface area contributed by atoms with Crippen LogP contribution in [0, 0.1) is 13.8 Å². The van der Waals surface area contributed by atoms with Gasteiger partial charge in [-0.3, -0.25) is 14.5 Å². The molecule has 0 saturated carbocycles. The molecular formula is C29H27N3O3S. The number of hydrogen-bond donors (Lipinski definition) is 1. The minimum atomic E-state index is -0.625. The van der Waals surface area contributed by atoms with E-state index in [9.17, 15) is 9.59 Å². The molecule has 1 aromatic heterocycles. The fourth-order valence-electron chi connectivity index (χ4n) is 4.36. The summed E-state index contributed by atoms with van der Waals surface area (Å²) < 4.78 is 5.99. The van der Waals surface area contributed by atoms with Crippen LogP contribution in [0.4, 0.5) is 11.4 Å². The molecule has 1 N–H and O–H groups in total. The number of benzene rings is 3. The van der Waals surface area contributed by atoms with Gasteiger partial charge in [0.05, 0.1) is 11.4 Å². The van der Waals surface area contributed by atoms with Crippen LogP contribution in [0.3, 0.4) is 0 Å². The Morgan fingerprint density at radius 2 is 1.78 bits per heavy atom. The minimum Gasteiger partial charge on any atom is -0.478 e. The topological polar surface area (TPSA) is 71.5 Å². The quantitative estimate of drug-likeness (QED) is 0.342. The van der Waals surface area contributed by atoms with Crippen LogP contribution in [0.5, 0.6) is 5.75 Å². The van der Waals surface area contributed by atoms with Crippen molar-refractivity contribution in [3.8, 4) is 27.6 Å². The van der Waals surface area contributed by atoms with Gasteiger partial charge in [0, 0.05) is 22.2 Å². The predicted octanol–water partition coefficient (Wildman–Crippen LogP) is 6.24. The first-order valence-electron chi connectivity index (χ1n) is 11.9. The van der Waals surface area contributed by atoms with E-state index in [-0.39, 0.29) is 18.4 Å². The number of carbonyl (C=O) groups is 2. The first-order valence-corrected chi connectivity index (χ1v) is 12.8. The molecule has 6 nitrogen and oxygen atoms in total. The molecular weight excluding hydrogens is 470 g/mol. The van der Waals surface area contributed by atoms with Crippen molar-refractivity contribution in [2.45, 2.75) is 33.3 Å². The lowest BCUT2D eigenvalue weighted by molar-refractivity contribution is -0.128. The third kappa shape index (κ3) is 4.62. The Kier molecular flexibility index (Phi) is 6.57. The fraction of sp³-hybridized carbons (Fsp3) is 0.207. The Bertz CT molecular complexity index is 1410. The van der Waals surface area contributed by atoms with Crippen LogP contribution in [0.1, 0.15) is 24.5 Å². The number of para-hydroxylation sites is 1. The molecule has 4 aromatic rings. The number of fused-ring (bicyclic) bond motifs is 1. The Morgan fingerprint density at radius 3 is 2.50 bits per heavy atom. The van der Waals surface area contributed by atoms with Crippen LogP contribution in [-0.2, 0) is 9.59 Å². The average molecular weight is 498 g/mol. The number of nitrogens with zero attached hydrogens (tertiary/aromatic N) is 2. The summed E-state index contributed by atoms with van der Waals surface area (Å²) in [5.74, 6) is 0.111. The van der Waals surface area contributed by atoms with Gasteiger partial charge in [0.25, 0.3) is 5.91 Å². The van der Waals surface area contributed by atoms with Crippen molar-refractivity contribution in [1.29, 1.82) is 0 Å². The van der Waals surface area contributed by atoms with Gasteiger partial charge in [0.2, 0.25) is 5.91 Å². The summed E-state index contributed by atoms with van der Waals surface area (Å²) in [5.41, 5.74) is 6.03. The highest BCUT2D eigenvalue weighted by molar-refractivity contribution is 7.13. The van der Waals surface area contributed by atoms with E-state index in [2.05, 4.69) is 5.32 Å². The molecule has 0 bridgehead atoms. The summed E-state index contributed by atoms with van der Waals surface area (Å²) in [7, 11) is 0. The molecule has 0 saturated heterocycles. The zero-order chi connectivity index (χ0) is 25.2. The van der Waals surface area contributed by atoms with E-state index in [4.69, 9.17) is 9.72 Å². The van der Waals surface area contributed by atoms with Gasteiger partial charge in [0.15, 0.2) is 6.10 Å². The highest BCUT2D eigenvalue weighted by Crippen LogP contribution is 2.39. The first-order chi connectivity index (χ1) is 17.4. The monoisotopic (exact) mass is 497 g/mol. The van der Waals surface area contributed by atoms with E-state index in [0.717, 1.165) is 38.6 Å². The van der Waals surface area contributed by atoms with Gasteiger partial charge in [-0.05, 0) is 49.6 Å². The smallest absolute Gasteiger partial charge is 0.268 e. The molecule has 1 atom stereocenters. The zero-order valence-electron chi connectivity index (χ0n) is 20.4. The molecule has 2 amide bonds. The summed E-state index contributed by atoms with van der Waals surface area (Å²) in [6, 6.07) is 21.6. The molecule has 0 fully saturated rings. The predicted molar refractivity (Wildman–Crippen MR) is 145 cm³/mol. The summed E-state index contributed by atoms with van der Waals surface area (Å²) in [6.45, 7) is 5.70. The third-order valence-corrected chi connectivity index (χ3v) is 7.19. The normalized spacial score (nSPS) is 14.8. The second kappa shape index (κ2) is 9.95. The molecule has 1 aliphatic heterocycles. The van der Waals surface area contributed by atoms with E-state index < -0.39 is 6.10 Å². The van der Waals surface area contributed by atoms with Crippen molar-refractivity contribution < 1.29 is 14.3 Å². The van der Waals surface area contributed by atoms with Crippen molar-refractivity contribution in [3.05, 3.63) is 83.2 Å². The number of hydrogen-bond acceptors (Lipinski definition) is 5. The Morgan fingerprint density at radius 1 is 1.03 bits per heavy atom. The lowest BCUT2D eigenvalue weighted by Crippen LogP contribution is -2.48. The molecule has 5 rings (SSSR count). The van der Waals surface area contributed by atoms with Crippen LogP contribution in [-0.4, -0.2) is 29.4 Å². The van der Waals surface area contributed by atoms with E-state index in [1.165, 1.54) is 4.90 Å². The number of carbonyl (C=O) groups excluding carboxylic acids is 2. The molecule has 3 aromatic carbocycles. The summed E-state index contributed by atoms with van der Waals surface area (Å²) >= 11 is 1.57. The fourth-order valence-corrected chi connectivity index (χ4v) is 5.19. The van der Waals surface area contributed by atoms with E-state index >= 15 is 0 Å². The maximum Gasteiger partial charge on any atom is 0.268 e. The molecule has 0 radical (unpaired) electrons. The number of nitrogens with one attached hydrogen (secondary N) is 1. The van der Waals surface area contributed by atoms with Gasteiger partial charge < -0.3 is 10.1 Å². The number of aromatic nitrogens is 1. The third-order valence-electron chi connectivity index (χ3n) is 6.30. The van der Waals surface area contributed by atoms with Gasteiger partial charge >= 0.3 is 0 Å². The lowest BCUT2D eigenvalue weighted by Gasteiger charge is -2.34. The number of aryl methyl sites for hydroxylation is 2. The van der Waals surface area contributed by atoms with E-state index in [1.54, 1.807) is 11.3 Å². The Balaban J connectivity index is 1.45. The summed E-state index contributed by atoms with van der Waals surface area (Å²) in [4.78, 5) is 32.7. The number of thiazole rings is 1. The average Bonchev–Trinajstić information content (AvgIpc) is 3.38. The largest absolute Gasteiger partial charge is 0.478 e. The van der Waals surface area contributed by atoms with Crippen molar-refractivity contribution in [1.82, 2.24) is 4.98 Å². The van der Waals surface area contributed by atoms with Gasteiger partial charge in [-0.2, -0.15) is 0 Å². The summed E-state index contributed by atoms with van der Waals surface area (Å²) in [6.07, 6.45) is -0.109. The van der Waals surface area contributed by atoms with Gasteiger partial charge in [-0.1, -0.05) is 55.5 Å². The second-order valence-electron chi connectivity index (χ2n) is 8.84. The molecule has 1 aliphatic rings. The van der Waals surface area contributed by atoms with Crippen LogP contribution >= 0.6 is 11.3 Å². The van der Waals surface area contributed by atoms with Gasteiger partial charge in [-0.15, -0.1) is 11.3 Å². The van der Waals surface area contributed by atoms with Crippen LogP contribution in [0.2, 0.25) is 0 Å². The number of rotatable bonds is 6. The highest BCUT2D eigenvalue weighted by Gasteiger charge is 2.35. The maximum atomic E-state index is 13.3. The molecule has 182 valence electrons. The molecule has 1 unspecified atom stereocenters. The summed E-state index contributed by atoms with van der Waals surface area (Å²) in [5, 5.41) is 5.92. The second-order valence-corrected chi connectivity index (χ2v) is 9.70. The maximum absolute atomic E-state index is 13.3. The molecule has 0 aliphatic carbocycles. The van der Waals surface area contributed by atoms with Crippen LogP contribution in [0.15, 0.2) is 72.1 Å².